The molecule has 3 N–H and O–H groups in total. The number of halogens is 1. The molecule has 0 unspecified atom stereocenters. The number of nitrogens with zero attached hydrogens (tertiary/aromatic N) is 1. The zero-order valence-electron chi connectivity index (χ0n) is 13.1. The molecule has 0 atom stereocenters. The van der Waals surface area contributed by atoms with E-state index in [-0.39, 0.29) is 10.0 Å². The first-order valence-electron chi connectivity index (χ1n) is 7.28. The van der Waals surface area contributed by atoms with Crippen molar-refractivity contribution in [3.8, 4) is 0 Å². The number of rotatable bonds is 5. The second-order valence-electron chi connectivity index (χ2n) is 5.05. The first kappa shape index (κ1) is 17.8. The Hall–Kier alpha value is -2.98. The molecule has 0 radical (unpaired) electrons. The molecule has 0 aliphatic carbocycles. The average Bonchev–Trinajstić information content (AvgIpc) is 3.09. The van der Waals surface area contributed by atoms with Crippen LogP contribution in [0.5, 0.6) is 0 Å². The molecule has 1 aromatic heterocycles. The molecule has 0 bridgehead atoms. The molecule has 0 saturated carbocycles. The lowest BCUT2D eigenvalue weighted by atomic mass is 10.3. The standard InChI is InChI=1S/C16H13FN4O3S2/c17-11-1-3-12(4-2-11)19-15(22)20-13-5-7-14(8-6-13)26(23,24)21-16-18-9-10-25-16/h1-10H,(H,18,21)(H2,19,20,22). The summed E-state index contributed by atoms with van der Waals surface area (Å²) in [5.74, 6) is -0.404. The largest absolute Gasteiger partial charge is 0.323 e. The number of nitrogens with one attached hydrogen (secondary N) is 3. The van der Waals surface area contributed by atoms with Crippen molar-refractivity contribution in [2.45, 2.75) is 4.90 Å². The normalized spacial score (nSPS) is 11.0. The van der Waals surface area contributed by atoms with Crippen LogP contribution < -0.4 is 15.4 Å². The minimum atomic E-state index is -3.75. The van der Waals surface area contributed by atoms with Gasteiger partial charge >= 0.3 is 6.03 Å². The summed E-state index contributed by atoms with van der Waals surface area (Å²) in [5, 5.41) is 7.02. The maximum absolute atomic E-state index is 12.8. The van der Waals surface area contributed by atoms with E-state index in [0.29, 0.717) is 11.4 Å². The molecule has 0 saturated heterocycles. The van der Waals surface area contributed by atoms with E-state index < -0.39 is 21.9 Å². The van der Waals surface area contributed by atoms with E-state index in [1.54, 1.807) is 5.38 Å². The van der Waals surface area contributed by atoms with Crippen LogP contribution in [0, 0.1) is 5.82 Å². The van der Waals surface area contributed by atoms with Gasteiger partial charge in [-0.05, 0) is 48.5 Å². The van der Waals surface area contributed by atoms with E-state index in [9.17, 15) is 17.6 Å². The van der Waals surface area contributed by atoms with Crippen LogP contribution in [0.1, 0.15) is 0 Å². The number of benzene rings is 2. The summed E-state index contributed by atoms with van der Waals surface area (Å²) >= 11 is 1.17. The van der Waals surface area contributed by atoms with Crippen LogP contribution in [0.2, 0.25) is 0 Å². The molecule has 134 valence electrons. The van der Waals surface area contributed by atoms with Crippen LogP contribution in [0.3, 0.4) is 0 Å². The molecule has 0 fully saturated rings. The summed E-state index contributed by atoms with van der Waals surface area (Å²) in [6, 6.07) is 10.4. The highest BCUT2D eigenvalue weighted by Gasteiger charge is 2.15. The highest BCUT2D eigenvalue weighted by molar-refractivity contribution is 7.93. The summed E-state index contributed by atoms with van der Waals surface area (Å²) < 4.78 is 39.7. The minimum absolute atomic E-state index is 0.0391. The maximum atomic E-state index is 12.8. The van der Waals surface area contributed by atoms with E-state index in [1.807, 2.05) is 0 Å². The Morgan fingerprint density at radius 2 is 1.54 bits per heavy atom. The number of sulfonamides is 1. The van der Waals surface area contributed by atoms with Gasteiger partial charge < -0.3 is 10.6 Å². The van der Waals surface area contributed by atoms with Crippen molar-refractivity contribution in [3.05, 3.63) is 65.9 Å². The van der Waals surface area contributed by atoms with E-state index in [0.717, 1.165) is 0 Å². The monoisotopic (exact) mass is 392 g/mol. The molecular weight excluding hydrogens is 379 g/mol. The van der Waals surface area contributed by atoms with Gasteiger partial charge in [0.1, 0.15) is 5.82 Å². The number of anilines is 3. The fourth-order valence-corrected chi connectivity index (χ4v) is 3.78. The Labute approximate surface area is 153 Å². The summed E-state index contributed by atoms with van der Waals surface area (Å²) in [4.78, 5) is 15.8. The number of thiazole rings is 1. The molecule has 3 rings (SSSR count). The van der Waals surface area contributed by atoms with Crippen LogP contribution >= 0.6 is 11.3 Å². The van der Waals surface area contributed by atoms with Crippen molar-refractivity contribution in [2.75, 3.05) is 15.4 Å². The van der Waals surface area contributed by atoms with Gasteiger partial charge in [0.15, 0.2) is 5.13 Å². The van der Waals surface area contributed by atoms with Crippen LogP contribution in [0.25, 0.3) is 0 Å². The highest BCUT2D eigenvalue weighted by atomic mass is 32.2. The Morgan fingerprint density at radius 1 is 0.962 bits per heavy atom. The lowest BCUT2D eigenvalue weighted by molar-refractivity contribution is 0.262. The molecule has 3 aromatic rings. The van der Waals surface area contributed by atoms with Crippen LogP contribution in [-0.4, -0.2) is 19.4 Å². The van der Waals surface area contributed by atoms with Gasteiger partial charge in [0.25, 0.3) is 10.0 Å². The molecule has 26 heavy (non-hydrogen) atoms. The Balaban J connectivity index is 1.63. The smallest absolute Gasteiger partial charge is 0.308 e. The third kappa shape index (κ3) is 4.55. The van der Waals surface area contributed by atoms with E-state index in [1.165, 1.54) is 66.1 Å². The van der Waals surface area contributed by atoms with Crippen molar-refractivity contribution < 1.29 is 17.6 Å². The van der Waals surface area contributed by atoms with E-state index in [4.69, 9.17) is 0 Å². The molecule has 7 nitrogen and oxygen atoms in total. The Kier molecular flexibility index (Phi) is 5.14. The molecule has 2 aromatic carbocycles. The van der Waals surface area contributed by atoms with Gasteiger partial charge in [0.05, 0.1) is 4.90 Å². The van der Waals surface area contributed by atoms with E-state index in [2.05, 4.69) is 20.3 Å². The molecule has 0 spiro atoms. The second-order valence-corrected chi connectivity index (χ2v) is 7.63. The van der Waals surface area contributed by atoms with Crippen molar-refractivity contribution in [1.82, 2.24) is 4.98 Å². The van der Waals surface area contributed by atoms with Gasteiger partial charge in [-0.1, -0.05) is 0 Å². The number of carbonyl (C=O) groups is 1. The Bertz CT molecular complexity index is 989. The van der Waals surface area contributed by atoms with Crippen LogP contribution in [-0.2, 0) is 10.0 Å². The van der Waals surface area contributed by atoms with Crippen molar-refractivity contribution in [1.29, 1.82) is 0 Å². The first-order valence-corrected chi connectivity index (χ1v) is 9.65. The molecule has 10 heteroatoms. The fraction of sp³-hybridized carbons (Fsp3) is 0. The Morgan fingerprint density at radius 3 is 2.08 bits per heavy atom. The van der Waals surface area contributed by atoms with Gasteiger partial charge in [-0.15, -0.1) is 11.3 Å². The van der Waals surface area contributed by atoms with Crippen molar-refractivity contribution >= 4 is 43.9 Å². The average molecular weight is 392 g/mol. The molecule has 1 heterocycles. The quantitative estimate of drug-likeness (QED) is 0.616. The molecule has 0 aliphatic heterocycles. The first-order chi connectivity index (χ1) is 12.4. The predicted molar refractivity (Wildman–Crippen MR) is 98.4 cm³/mol. The number of hydrogen-bond donors (Lipinski definition) is 3. The van der Waals surface area contributed by atoms with Crippen LogP contribution in [0.15, 0.2) is 65.0 Å². The van der Waals surface area contributed by atoms with Crippen molar-refractivity contribution in [2.24, 2.45) is 0 Å². The third-order valence-electron chi connectivity index (χ3n) is 3.18. The van der Waals surface area contributed by atoms with Gasteiger partial charge in [-0.2, -0.15) is 0 Å². The second kappa shape index (κ2) is 7.50. The maximum Gasteiger partial charge on any atom is 0.323 e. The highest BCUT2D eigenvalue weighted by Crippen LogP contribution is 2.19. The number of carbonyl (C=O) groups excluding carboxylic acids is 1. The van der Waals surface area contributed by atoms with E-state index >= 15 is 0 Å². The topological polar surface area (TPSA) is 100 Å². The third-order valence-corrected chi connectivity index (χ3v) is 5.35. The number of aromatic nitrogens is 1. The minimum Gasteiger partial charge on any atom is -0.308 e. The molecule has 2 amide bonds. The summed E-state index contributed by atoms with van der Waals surface area (Å²) in [6.45, 7) is 0. The lowest BCUT2D eigenvalue weighted by Gasteiger charge is -2.09. The zero-order chi connectivity index (χ0) is 18.6. The number of urea groups is 1. The van der Waals surface area contributed by atoms with Gasteiger partial charge in [-0.3, -0.25) is 4.72 Å². The molecular formula is C16H13FN4O3S2. The predicted octanol–water partition coefficient (Wildman–Crippen LogP) is 3.73. The van der Waals surface area contributed by atoms with Gasteiger partial charge in [0, 0.05) is 23.0 Å². The van der Waals surface area contributed by atoms with Gasteiger partial charge in [0.2, 0.25) is 0 Å². The zero-order valence-corrected chi connectivity index (χ0v) is 14.8. The number of hydrogen-bond acceptors (Lipinski definition) is 5. The summed E-state index contributed by atoms with van der Waals surface area (Å²) in [5.41, 5.74) is 0.827. The molecule has 0 aliphatic rings. The van der Waals surface area contributed by atoms with Crippen molar-refractivity contribution in [3.63, 3.8) is 0 Å². The summed E-state index contributed by atoms with van der Waals surface area (Å²) in [6.07, 6.45) is 1.50. The summed E-state index contributed by atoms with van der Waals surface area (Å²) in [7, 11) is -3.75. The number of amides is 2. The fourth-order valence-electron chi connectivity index (χ4n) is 1.99. The lowest BCUT2D eigenvalue weighted by Crippen LogP contribution is -2.19. The van der Waals surface area contributed by atoms with Crippen LogP contribution in [0.4, 0.5) is 25.7 Å². The SMILES string of the molecule is O=C(Nc1ccc(F)cc1)Nc1ccc(S(=O)(=O)Nc2nccs2)cc1. The van der Waals surface area contributed by atoms with Gasteiger partial charge in [-0.25, -0.2) is 22.6 Å².